The van der Waals surface area contributed by atoms with E-state index < -0.39 is 5.60 Å². The predicted molar refractivity (Wildman–Crippen MR) is 64.1 cm³/mol. The molecule has 1 rings (SSSR count). The van der Waals surface area contributed by atoms with Crippen molar-refractivity contribution < 1.29 is 5.11 Å². The molecule has 15 heavy (non-hydrogen) atoms. The summed E-state index contributed by atoms with van der Waals surface area (Å²) >= 11 is 1.66. The highest BCUT2D eigenvalue weighted by atomic mass is 32.1. The van der Waals surface area contributed by atoms with E-state index in [0.717, 1.165) is 30.1 Å². The first kappa shape index (κ1) is 12.6. The van der Waals surface area contributed by atoms with Crippen LogP contribution in [0.15, 0.2) is 5.38 Å². The maximum Gasteiger partial charge on any atom is 0.107 e. The van der Waals surface area contributed by atoms with E-state index in [0.29, 0.717) is 6.54 Å². The van der Waals surface area contributed by atoms with Gasteiger partial charge in [-0.25, -0.2) is 4.98 Å². The summed E-state index contributed by atoms with van der Waals surface area (Å²) in [5, 5.41) is 16.3. The minimum atomic E-state index is -0.596. The molecule has 1 heterocycles. The molecule has 86 valence electrons. The maximum atomic E-state index is 9.92. The van der Waals surface area contributed by atoms with Gasteiger partial charge in [-0.15, -0.1) is 11.3 Å². The lowest BCUT2D eigenvalue weighted by atomic mass is 10.0. The molecule has 0 amide bonds. The van der Waals surface area contributed by atoms with Crippen LogP contribution in [0.2, 0.25) is 0 Å². The topological polar surface area (TPSA) is 45.1 Å². The second-order valence-electron chi connectivity index (χ2n) is 4.23. The molecule has 3 nitrogen and oxygen atoms in total. The first-order valence-electron chi connectivity index (χ1n) is 5.37. The number of hydrogen-bond acceptors (Lipinski definition) is 4. The van der Waals surface area contributed by atoms with Crippen molar-refractivity contribution in [3.05, 3.63) is 16.1 Å². The van der Waals surface area contributed by atoms with Crippen molar-refractivity contribution in [1.82, 2.24) is 10.3 Å². The maximum absolute atomic E-state index is 9.92. The SMILES string of the molecule is CCCC(C)(O)CNCc1nc(C)cs1. The van der Waals surface area contributed by atoms with Gasteiger partial charge in [0.25, 0.3) is 0 Å². The Balaban J connectivity index is 2.27. The van der Waals surface area contributed by atoms with Crippen molar-refractivity contribution in [2.75, 3.05) is 6.54 Å². The molecule has 0 bridgehead atoms. The Hall–Kier alpha value is -0.450. The van der Waals surface area contributed by atoms with E-state index in [2.05, 4.69) is 17.2 Å². The van der Waals surface area contributed by atoms with Gasteiger partial charge in [0.2, 0.25) is 0 Å². The summed E-state index contributed by atoms with van der Waals surface area (Å²) in [6, 6.07) is 0. The highest BCUT2D eigenvalue weighted by Gasteiger charge is 2.18. The molecule has 1 unspecified atom stereocenters. The normalized spacial score (nSPS) is 15.2. The van der Waals surface area contributed by atoms with Gasteiger partial charge in [0.15, 0.2) is 0 Å². The van der Waals surface area contributed by atoms with E-state index in [4.69, 9.17) is 0 Å². The number of aliphatic hydroxyl groups is 1. The van der Waals surface area contributed by atoms with Crippen LogP contribution in [0.5, 0.6) is 0 Å². The minimum absolute atomic E-state index is 0.596. The lowest BCUT2D eigenvalue weighted by Gasteiger charge is -2.22. The zero-order valence-corrected chi connectivity index (χ0v) is 10.5. The minimum Gasteiger partial charge on any atom is -0.389 e. The van der Waals surface area contributed by atoms with Crippen LogP contribution in [-0.2, 0) is 6.54 Å². The van der Waals surface area contributed by atoms with E-state index in [1.165, 1.54) is 0 Å². The van der Waals surface area contributed by atoms with Gasteiger partial charge in [-0.3, -0.25) is 0 Å². The first-order valence-corrected chi connectivity index (χ1v) is 6.25. The van der Waals surface area contributed by atoms with Gasteiger partial charge in [-0.1, -0.05) is 13.3 Å². The number of rotatable bonds is 6. The number of aryl methyl sites for hydroxylation is 1. The van der Waals surface area contributed by atoms with Crippen molar-refractivity contribution in [2.45, 2.75) is 45.8 Å². The summed E-state index contributed by atoms with van der Waals surface area (Å²) in [4.78, 5) is 4.35. The van der Waals surface area contributed by atoms with Crippen LogP contribution in [0.4, 0.5) is 0 Å². The molecule has 0 saturated carbocycles. The second-order valence-corrected chi connectivity index (χ2v) is 5.18. The fraction of sp³-hybridized carbons (Fsp3) is 0.727. The van der Waals surface area contributed by atoms with E-state index in [9.17, 15) is 5.11 Å². The average Bonchev–Trinajstić information content (AvgIpc) is 2.51. The van der Waals surface area contributed by atoms with E-state index in [1.54, 1.807) is 11.3 Å². The monoisotopic (exact) mass is 228 g/mol. The van der Waals surface area contributed by atoms with E-state index >= 15 is 0 Å². The molecule has 0 spiro atoms. The van der Waals surface area contributed by atoms with Crippen LogP contribution in [0.1, 0.15) is 37.4 Å². The molecule has 4 heteroatoms. The molecule has 1 aromatic rings. The van der Waals surface area contributed by atoms with Crippen molar-refractivity contribution in [2.24, 2.45) is 0 Å². The molecule has 0 radical (unpaired) electrons. The standard InChI is InChI=1S/C11H20N2OS/c1-4-5-11(3,14)8-12-6-10-13-9(2)7-15-10/h7,12,14H,4-6,8H2,1-3H3. The summed E-state index contributed by atoms with van der Waals surface area (Å²) in [5.74, 6) is 0. The highest BCUT2D eigenvalue weighted by molar-refractivity contribution is 7.09. The molecular formula is C11H20N2OS. The smallest absolute Gasteiger partial charge is 0.107 e. The molecule has 0 saturated heterocycles. The summed E-state index contributed by atoms with van der Waals surface area (Å²) in [5.41, 5.74) is 0.471. The van der Waals surface area contributed by atoms with Crippen LogP contribution in [0, 0.1) is 6.92 Å². The third kappa shape index (κ3) is 4.73. The van der Waals surface area contributed by atoms with Crippen LogP contribution < -0.4 is 5.32 Å². The van der Waals surface area contributed by atoms with Crippen molar-refractivity contribution in [1.29, 1.82) is 0 Å². The molecule has 1 aromatic heterocycles. The van der Waals surface area contributed by atoms with Crippen molar-refractivity contribution in [3.63, 3.8) is 0 Å². The lowest BCUT2D eigenvalue weighted by molar-refractivity contribution is 0.0498. The molecule has 0 fully saturated rings. The number of thiazole rings is 1. The van der Waals surface area contributed by atoms with Crippen LogP contribution in [0.3, 0.4) is 0 Å². The molecule has 0 aliphatic heterocycles. The Morgan fingerprint density at radius 1 is 1.60 bits per heavy atom. The van der Waals surface area contributed by atoms with Crippen LogP contribution in [0.25, 0.3) is 0 Å². The molecular weight excluding hydrogens is 208 g/mol. The Labute approximate surface area is 95.6 Å². The third-order valence-electron chi connectivity index (χ3n) is 2.24. The van der Waals surface area contributed by atoms with E-state index in [1.807, 2.05) is 19.2 Å². The third-order valence-corrected chi connectivity index (χ3v) is 3.20. The van der Waals surface area contributed by atoms with Gasteiger partial charge in [-0.2, -0.15) is 0 Å². The van der Waals surface area contributed by atoms with Crippen LogP contribution >= 0.6 is 11.3 Å². The van der Waals surface area contributed by atoms with Crippen LogP contribution in [-0.4, -0.2) is 22.2 Å². The van der Waals surface area contributed by atoms with Gasteiger partial charge in [0.05, 0.1) is 5.60 Å². The quantitative estimate of drug-likeness (QED) is 0.783. The Morgan fingerprint density at radius 3 is 2.87 bits per heavy atom. The Bertz CT molecular complexity index is 297. The Morgan fingerprint density at radius 2 is 2.33 bits per heavy atom. The van der Waals surface area contributed by atoms with Gasteiger partial charge >= 0.3 is 0 Å². The zero-order valence-electron chi connectivity index (χ0n) is 9.71. The number of hydrogen-bond donors (Lipinski definition) is 2. The summed E-state index contributed by atoms with van der Waals surface area (Å²) in [6.07, 6.45) is 1.84. The summed E-state index contributed by atoms with van der Waals surface area (Å²) in [6.45, 7) is 7.32. The molecule has 2 N–H and O–H groups in total. The highest BCUT2D eigenvalue weighted by Crippen LogP contribution is 2.11. The number of nitrogens with one attached hydrogen (secondary N) is 1. The average molecular weight is 228 g/mol. The number of aromatic nitrogens is 1. The predicted octanol–water partition coefficient (Wildman–Crippen LogP) is 2.09. The van der Waals surface area contributed by atoms with Gasteiger partial charge in [0, 0.05) is 24.2 Å². The van der Waals surface area contributed by atoms with Gasteiger partial charge in [0.1, 0.15) is 5.01 Å². The van der Waals surface area contributed by atoms with Crippen molar-refractivity contribution >= 4 is 11.3 Å². The summed E-state index contributed by atoms with van der Waals surface area (Å²) < 4.78 is 0. The van der Waals surface area contributed by atoms with Gasteiger partial charge in [-0.05, 0) is 20.3 Å². The fourth-order valence-corrected chi connectivity index (χ4v) is 2.29. The first-order chi connectivity index (χ1) is 7.03. The largest absolute Gasteiger partial charge is 0.389 e. The zero-order chi connectivity index (χ0) is 11.3. The molecule has 1 atom stereocenters. The molecule has 0 aliphatic carbocycles. The Kier molecular flexibility index (Phi) is 4.70. The van der Waals surface area contributed by atoms with Gasteiger partial charge < -0.3 is 10.4 Å². The fourth-order valence-electron chi connectivity index (χ4n) is 1.55. The number of nitrogens with zero attached hydrogens (tertiary/aromatic N) is 1. The van der Waals surface area contributed by atoms with Crippen molar-refractivity contribution in [3.8, 4) is 0 Å². The molecule has 0 aliphatic rings. The second kappa shape index (κ2) is 5.58. The molecule has 0 aromatic carbocycles. The summed E-state index contributed by atoms with van der Waals surface area (Å²) in [7, 11) is 0. The van der Waals surface area contributed by atoms with E-state index in [-0.39, 0.29) is 0 Å². The lowest BCUT2D eigenvalue weighted by Crippen LogP contribution is -2.37.